The van der Waals surface area contributed by atoms with E-state index in [1.165, 1.54) is 5.56 Å². The van der Waals surface area contributed by atoms with E-state index in [2.05, 4.69) is 24.3 Å². The van der Waals surface area contributed by atoms with Crippen LogP contribution in [0.25, 0.3) is 0 Å². The van der Waals surface area contributed by atoms with E-state index in [0.717, 1.165) is 38.5 Å². The van der Waals surface area contributed by atoms with E-state index in [4.69, 9.17) is 4.74 Å². The average molecular weight is 334 g/mol. The summed E-state index contributed by atoms with van der Waals surface area (Å²) in [4.78, 5) is 23.1. The summed E-state index contributed by atoms with van der Waals surface area (Å²) in [6.45, 7) is 3.69. The van der Waals surface area contributed by atoms with Gasteiger partial charge in [0.25, 0.3) is 0 Å². The van der Waals surface area contributed by atoms with E-state index < -0.39 is 17.9 Å². The van der Waals surface area contributed by atoms with Crippen molar-refractivity contribution in [3.05, 3.63) is 35.9 Å². The molecule has 0 spiro atoms. The number of esters is 1. The largest absolute Gasteiger partial charge is 0.481 e. The Morgan fingerprint density at radius 2 is 1.67 bits per heavy atom. The highest BCUT2D eigenvalue weighted by molar-refractivity contribution is 5.93. The van der Waals surface area contributed by atoms with Gasteiger partial charge >= 0.3 is 11.9 Å². The minimum atomic E-state index is -1.08. The summed E-state index contributed by atoms with van der Waals surface area (Å²) in [5.41, 5.74) is 1.36. The van der Waals surface area contributed by atoms with Gasteiger partial charge in [0.05, 0.1) is 6.10 Å². The summed E-state index contributed by atoms with van der Waals surface area (Å²) < 4.78 is 5.15. The van der Waals surface area contributed by atoms with Crippen LogP contribution < -0.4 is 0 Å². The lowest BCUT2D eigenvalue weighted by Gasteiger charge is -2.15. The third-order valence-corrected chi connectivity index (χ3v) is 4.28. The number of carbonyl (C=O) groups excluding carboxylic acids is 1. The molecule has 24 heavy (non-hydrogen) atoms. The Balaban J connectivity index is 2.16. The number of aliphatic carboxylic acids is 1. The zero-order valence-electron chi connectivity index (χ0n) is 14.9. The predicted octanol–water partition coefficient (Wildman–Crippen LogP) is 4.61. The average Bonchev–Trinajstić information content (AvgIpc) is 2.57. The lowest BCUT2D eigenvalue weighted by molar-refractivity contribution is -0.162. The van der Waals surface area contributed by atoms with Crippen LogP contribution in [0.1, 0.15) is 64.4 Å². The fourth-order valence-electron chi connectivity index (χ4n) is 2.56. The third-order valence-electron chi connectivity index (χ3n) is 4.28. The van der Waals surface area contributed by atoms with Crippen molar-refractivity contribution in [2.24, 2.45) is 5.92 Å². The van der Waals surface area contributed by atoms with Crippen molar-refractivity contribution in [1.82, 2.24) is 0 Å². The Morgan fingerprint density at radius 3 is 2.29 bits per heavy atom. The molecule has 1 rings (SSSR count). The molecular formula is C20H30O4. The van der Waals surface area contributed by atoms with E-state index in [0.29, 0.717) is 12.8 Å². The Labute approximate surface area is 145 Å². The first kappa shape index (κ1) is 20.2. The van der Waals surface area contributed by atoms with Gasteiger partial charge in [-0.1, -0.05) is 62.9 Å². The Hall–Kier alpha value is -1.84. The standard InChI is InChI=1S/C20H30O4/c1-3-16(2)24-20(23)18(19(21)22)15-11-6-4-5-8-12-17-13-9-7-10-14-17/h7,9-10,13-14,16,18H,3-6,8,11-12,15H2,1-2H3,(H,21,22). The maximum absolute atomic E-state index is 11.9. The van der Waals surface area contributed by atoms with E-state index in [1.807, 2.05) is 13.0 Å². The fourth-order valence-corrected chi connectivity index (χ4v) is 2.56. The first-order valence-corrected chi connectivity index (χ1v) is 9.01. The summed E-state index contributed by atoms with van der Waals surface area (Å²) in [5, 5.41) is 9.20. The molecule has 1 aromatic rings. The molecule has 0 fully saturated rings. The second kappa shape index (κ2) is 11.7. The van der Waals surface area contributed by atoms with Crippen LogP contribution in [0.3, 0.4) is 0 Å². The first-order valence-electron chi connectivity index (χ1n) is 9.01. The molecule has 2 atom stereocenters. The molecule has 0 amide bonds. The molecule has 0 bridgehead atoms. The zero-order valence-corrected chi connectivity index (χ0v) is 14.9. The highest BCUT2D eigenvalue weighted by Crippen LogP contribution is 2.16. The summed E-state index contributed by atoms with van der Waals surface area (Å²) in [7, 11) is 0. The van der Waals surface area contributed by atoms with Crippen LogP contribution in [0.5, 0.6) is 0 Å². The quantitative estimate of drug-likeness (QED) is 0.344. The Kier molecular flexibility index (Phi) is 9.81. The minimum absolute atomic E-state index is 0.225. The molecule has 4 heteroatoms. The van der Waals surface area contributed by atoms with Gasteiger partial charge in [-0.15, -0.1) is 0 Å². The molecule has 0 heterocycles. The molecule has 0 aliphatic rings. The number of hydrogen-bond acceptors (Lipinski definition) is 3. The van der Waals surface area contributed by atoms with Gasteiger partial charge in [0.15, 0.2) is 5.92 Å². The van der Waals surface area contributed by atoms with Crippen LogP contribution in [0.15, 0.2) is 30.3 Å². The van der Waals surface area contributed by atoms with Crippen LogP contribution in [-0.4, -0.2) is 23.1 Å². The van der Waals surface area contributed by atoms with E-state index in [-0.39, 0.29) is 6.10 Å². The first-order chi connectivity index (χ1) is 11.5. The molecule has 0 aliphatic heterocycles. The predicted molar refractivity (Wildman–Crippen MR) is 94.8 cm³/mol. The summed E-state index contributed by atoms with van der Waals surface area (Å²) >= 11 is 0. The molecule has 0 aromatic heterocycles. The molecular weight excluding hydrogens is 304 g/mol. The molecule has 4 nitrogen and oxygen atoms in total. The molecule has 0 radical (unpaired) electrons. The maximum Gasteiger partial charge on any atom is 0.320 e. The number of hydrogen-bond donors (Lipinski definition) is 1. The highest BCUT2D eigenvalue weighted by atomic mass is 16.5. The number of aryl methyl sites for hydroxylation is 1. The van der Waals surface area contributed by atoms with E-state index in [9.17, 15) is 14.7 Å². The van der Waals surface area contributed by atoms with Crippen LogP contribution >= 0.6 is 0 Å². The van der Waals surface area contributed by atoms with Crippen molar-refractivity contribution in [3.8, 4) is 0 Å². The maximum atomic E-state index is 11.9. The molecule has 1 N–H and O–H groups in total. The SMILES string of the molecule is CCC(C)OC(=O)C(CCCCCCCc1ccccc1)C(=O)O. The molecule has 1 aromatic carbocycles. The lowest BCUT2D eigenvalue weighted by Crippen LogP contribution is -2.28. The van der Waals surface area contributed by atoms with Crippen LogP contribution in [0.4, 0.5) is 0 Å². The van der Waals surface area contributed by atoms with Gasteiger partial charge in [0.2, 0.25) is 0 Å². The second-order valence-electron chi connectivity index (χ2n) is 6.34. The van der Waals surface area contributed by atoms with Gasteiger partial charge in [-0.2, -0.15) is 0 Å². The van der Waals surface area contributed by atoms with Crippen molar-refractivity contribution in [3.63, 3.8) is 0 Å². The number of benzene rings is 1. The lowest BCUT2D eigenvalue weighted by atomic mass is 9.99. The van der Waals surface area contributed by atoms with Crippen LogP contribution in [-0.2, 0) is 20.7 Å². The van der Waals surface area contributed by atoms with Gasteiger partial charge in [-0.05, 0) is 38.2 Å². The topological polar surface area (TPSA) is 63.6 Å². The Bertz CT molecular complexity index is 484. The van der Waals surface area contributed by atoms with Gasteiger partial charge in [0, 0.05) is 0 Å². The van der Waals surface area contributed by atoms with Gasteiger partial charge in [-0.3, -0.25) is 9.59 Å². The number of carbonyl (C=O) groups is 2. The van der Waals surface area contributed by atoms with Gasteiger partial charge < -0.3 is 9.84 Å². The summed E-state index contributed by atoms with van der Waals surface area (Å²) in [6, 6.07) is 10.4. The number of unbranched alkanes of at least 4 members (excludes halogenated alkanes) is 4. The highest BCUT2D eigenvalue weighted by Gasteiger charge is 2.28. The van der Waals surface area contributed by atoms with Crippen molar-refractivity contribution < 1.29 is 19.4 Å². The summed E-state index contributed by atoms with van der Waals surface area (Å²) in [5.74, 6) is -2.70. The molecule has 2 unspecified atom stereocenters. The number of rotatable bonds is 12. The zero-order chi connectivity index (χ0) is 17.8. The van der Waals surface area contributed by atoms with Crippen molar-refractivity contribution in [2.75, 3.05) is 0 Å². The van der Waals surface area contributed by atoms with Crippen molar-refractivity contribution in [2.45, 2.75) is 71.3 Å². The van der Waals surface area contributed by atoms with Crippen molar-refractivity contribution >= 4 is 11.9 Å². The minimum Gasteiger partial charge on any atom is -0.481 e. The molecule has 0 saturated carbocycles. The summed E-state index contributed by atoms with van der Waals surface area (Å²) in [6.07, 6.45) is 6.96. The van der Waals surface area contributed by atoms with Crippen LogP contribution in [0.2, 0.25) is 0 Å². The fraction of sp³-hybridized carbons (Fsp3) is 0.600. The number of carboxylic acid groups (broad SMARTS) is 1. The third kappa shape index (κ3) is 8.14. The van der Waals surface area contributed by atoms with E-state index in [1.54, 1.807) is 6.92 Å². The molecule has 0 aliphatic carbocycles. The Morgan fingerprint density at radius 1 is 1.04 bits per heavy atom. The van der Waals surface area contributed by atoms with Crippen LogP contribution in [0, 0.1) is 5.92 Å². The van der Waals surface area contributed by atoms with Crippen molar-refractivity contribution in [1.29, 1.82) is 0 Å². The second-order valence-corrected chi connectivity index (χ2v) is 6.34. The van der Waals surface area contributed by atoms with Gasteiger partial charge in [-0.25, -0.2) is 0 Å². The number of carboxylic acids is 1. The van der Waals surface area contributed by atoms with Gasteiger partial charge in [0.1, 0.15) is 0 Å². The monoisotopic (exact) mass is 334 g/mol. The number of ether oxygens (including phenoxy) is 1. The molecule has 0 saturated heterocycles. The van der Waals surface area contributed by atoms with E-state index >= 15 is 0 Å². The normalized spacial score (nSPS) is 13.2. The smallest absolute Gasteiger partial charge is 0.320 e. The molecule has 134 valence electrons.